The van der Waals surface area contributed by atoms with E-state index in [1.54, 1.807) is 30.3 Å². The largest absolute Gasteiger partial charge is 0.490 e. The van der Waals surface area contributed by atoms with E-state index in [1.807, 2.05) is 26.8 Å². The highest BCUT2D eigenvalue weighted by Gasteiger charge is 2.12. The number of benzene rings is 2. The van der Waals surface area contributed by atoms with Crippen molar-refractivity contribution in [1.82, 2.24) is 0 Å². The minimum Gasteiger partial charge on any atom is -0.490 e. The first-order valence-corrected chi connectivity index (χ1v) is 7.62. The van der Waals surface area contributed by atoms with E-state index in [4.69, 9.17) is 15.2 Å². The Bertz CT molecular complexity index is 699. The molecule has 0 unspecified atom stereocenters. The molecule has 2 aromatic rings. The number of ether oxygens (including phenoxy) is 2. The maximum atomic E-state index is 12.5. The van der Waals surface area contributed by atoms with E-state index in [2.05, 4.69) is 5.32 Å². The molecule has 0 spiro atoms. The summed E-state index contributed by atoms with van der Waals surface area (Å²) in [6.45, 7) is 6.74. The first-order chi connectivity index (χ1) is 11.0. The van der Waals surface area contributed by atoms with E-state index in [1.165, 1.54) is 0 Å². The van der Waals surface area contributed by atoms with Crippen LogP contribution in [0.2, 0.25) is 0 Å². The van der Waals surface area contributed by atoms with Crippen molar-refractivity contribution in [1.29, 1.82) is 0 Å². The van der Waals surface area contributed by atoms with Crippen LogP contribution in [0.1, 0.15) is 29.8 Å². The average Bonchev–Trinajstić information content (AvgIpc) is 2.53. The highest BCUT2D eigenvalue weighted by molar-refractivity contribution is 6.05. The summed E-state index contributed by atoms with van der Waals surface area (Å²) in [6, 6.07) is 10.6. The second kappa shape index (κ2) is 7.54. The molecule has 0 saturated heterocycles. The summed E-state index contributed by atoms with van der Waals surface area (Å²) < 4.78 is 11.1. The Morgan fingerprint density at radius 2 is 1.74 bits per heavy atom. The van der Waals surface area contributed by atoms with E-state index >= 15 is 0 Å². The molecule has 5 heteroatoms. The van der Waals surface area contributed by atoms with Gasteiger partial charge in [0.15, 0.2) is 11.5 Å². The van der Waals surface area contributed by atoms with Crippen LogP contribution in [0, 0.1) is 6.92 Å². The summed E-state index contributed by atoms with van der Waals surface area (Å²) in [5.74, 6) is 0.972. The third-order valence-electron chi connectivity index (χ3n) is 3.32. The molecule has 0 aliphatic rings. The number of amides is 1. The monoisotopic (exact) mass is 314 g/mol. The van der Waals surface area contributed by atoms with Gasteiger partial charge in [-0.05, 0) is 56.7 Å². The number of aryl methyl sites for hydroxylation is 1. The second-order valence-electron chi connectivity index (χ2n) is 5.06. The van der Waals surface area contributed by atoms with Gasteiger partial charge in [-0.25, -0.2) is 0 Å². The number of carbonyl (C=O) groups excluding carboxylic acids is 1. The Morgan fingerprint density at radius 1 is 1.04 bits per heavy atom. The summed E-state index contributed by atoms with van der Waals surface area (Å²) >= 11 is 0. The molecule has 0 aromatic heterocycles. The zero-order chi connectivity index (χ0) is 16.8. The maximum absolute atomic E-state index is 12.5. The fourth-order valence-electron chi connectivity index (χ4n) is 2.16. The van der Waals surface area contributed by atoms with Gasteiger partial charge in [0.1, 0.15) is 0 Å². The molecule has 0 bridgehead atoms. The van der Waals surface area contributed by atoms with Gasteiger partial charge in [0, 0.05) is 16.9 Å². The predicted molar refractivity (Wildman–Crippen MR) is 92.3 cm³/mol. The second-order valence-corrected chi connectivity index (χ2v) is 5.06. The number of nitrogens with two attached hydrogens (primary N) is 1. The van der Waals surface area contributed by atoms with Gasteiger partial charge >= 0.3 is 0 Å². The Morgan fingerprint density at radius 3 is 2.43 bits per heavy atom. The highest BCUT2D eigenvalue weighted by Crippen LogP contribution is 2.29. The lowest BCUT2D eigenvalue weighted by Gasteiger charge is -2.13. The molecule has 2 rings (SSSR count). The van der Waals surface area contributed by atoms with Crippen LogP contribution < -0.4 is 20.5 Å². The molecule has 3 N–H and O–H groups in total. The van der Waals surface area contributed by atoms with Gasteiger partial charge in [0.2, 0.25) is 0 Å². The Kier molecular flexibility index (Phi) is 5.46. The number of hydrogen-bond donors (Lipinski definition) is 2. The SMILES string of the molecule is CCOc1ccc(C(=O)Nc2cc(N)ccc2C)cc1OCC. The smallest absolute Gasteiger partial charge is 0.255 e. The molecule has 0 fully saturated rings. The minimum absolute atomic E-state index is 0.220. The van der Waals surface area contributed by atoms with Crippen LogP contribution in [0.4, 0.5) is 11.4 Å². The van der Waals surface area contributed by atoms with Gasteiger partial charge in [-0.15, -0.1) is 0 Å². The molecule has 0 aliphatic carbocycles. The van der Waals surface area contributed by atoms with Crippen LogP contribution >= 0.6 is 0 Å². The first-order valence-electron chi connectivity index (χ1n) is 7.62. The van der Waals surface area contributed by atoms with Gasteiger partial charge in [-0.1, -0.05) is 6.07 Å². The van der Waals surface area contributed by atoms with Gasteiger partial charge in [-0.3, -0.25) is 4.79 Å². The molecular formula is C18H22N2O3. The van der Waals surface area contributed by atoms with E-state index in [-0.39, 0.29) is 5.91 Å². The number of hydrogen-bond acceptors (Lipinski definition) is 4. The summed E-state index contributed by atoms with van der Waals surface area (Å²) in [5.41, 5.74) is 8.52. The van der Waals surface area contributed by atoms with Crippen molar-refractivity contribution in [3.63, 3.8) is 0 Å². The van der Waals surface area contributed by atoms with Crippen molar-refractivity contribution in [2.45, 2.75) is 20.8 Å². The van der Waals surface area contributed by atoms with Gasteiger partial charge < -0.3 is 20.5 Å². The molecule has 0 aliphatic heterocycles. The van der Waals surface area contributed by atoms with E-state index in [0.717, 1.165) is 5.56 Å². The molecule has 5 nitrogen and oxygen atoms in total. The topological polar surface area (TPSA) is 73.6 Å². The molecule has 1 amide bonds. The first kappa shape index (κ1) is 16.7. The summed E-state index contributed by atoms with van der Waals surface area (Å²) in [7, 11) is 0. The van der Waals surface area contributed by atoms with Gasteiger partial charge in [0.25, 0.3) is 5.91 Å². The van der Waals surface area contributed by atoms with Crippen molar-refractivity contribution in [2.24, 2.45) is 0 Å². The standard InChI is InChI=1S/C18H22N2O3/c1-4-22-16-9-7-13(10-17(16)23-5-2)18(21)20-15-11-14(19)8-6-12(15)3/h6-11H,4-5,19H2,1-3H3,(H,20,21). The van der Waals surface area contributed by atoms with Crippen LogP contribution in [-0.4, -0.2) is 19.1 Å². The van der Waals surface area contributed by atoms with Crippen LogP contribution in [0.5, 0.6) is 11.5 Å². The molecule has 2 aromatic carbocycles. The van der Waals surface area contributed by atoms with Crippen LogP contribution in [0.25, 0.3) is 0 Å². The lowest BCUT2D eigenvalue weighted by Crippen LogP contribution is -2.13. The molecule has 23 heavy (non-hydrogen) atoms. The van der Waals surface area contributed by atoms with E-state index in [0.29, 0.717) is 41.7 Å². The molecule has 0 saturated carbocycles. The molecule has 122 valence electrons. The van der Waals surface area contributed by atoms with Gasteiger partial charge in [-0.2, -0.15) is 0 Å². The number of rotatable bonds is 6. The van der Waals surface area contributed by atoms with E-state index in [9.17, 15) is 4.79 Å². The fraction of sp³-hybridized carbons (Fsp3) is 0.278. The van der Waals surface area contributed by atoms with Crippen molar-refractivity contribution in [2.75, 3.05) is 24.3 Å². The third kappa shape index (κ3) is 4.16. The average molecular weight is 314 g/mol. The zero-order valence-corrected chi connectivity index (χ0v) is 13.7. The van der Waals surface area contributed by atoms with Crippen LogP contribution in [0.15, 0.2) is 36.4 Å². The Hall–Kier alpha value is -2.69. The third-order valence-corrected chi connectivity index (χ3v) is 3.32. The summed E-state index contributed by atoms with van der Waals surface area (Å²) in [5, 5.41) is 2.87. The Balaban J connectivity index is 2.25. The normalized spacial score (nSPS) is 10.2. The molecule has 0 radical (unpaired) electrons. The number of anilines is 2. The molecular weight excluding hydrogens is 292 g/mol. The van der Waals surface area contributed by atoms with Gasteiger partial charge in [0.05, 0.1) is 13.2 Å². The van der Waals surface area contributed by atoms with E-state index < -0.39 is 0 Å². The summed E-state index contributed by atoms with van der Waals surface area (Å²) in [6.07, 6.45) is 0. The molecule has 0 atom stereocenters. The predicted octanol–water partition coefficient (Wildman–Crippen LogP) is 3.63. The zero-order valence-electron chi connectivity index (χ0n) is 13.7. The van der Waals surface area contributed by atoms with Crippen molar-refractivity contribution >= 4 is 17.3 Å². The maximum Gasteiger partial charge on any atom is 0.255 e. The lowest BCUT2D eigenvalue weighted by atomic mass is 10.1. The molecule has 0 heterocycles. The van der Waals surface area contributed by atoms with Crippen molar-refractivity contribution in [3.05, 3.63) is 47.5 Å². The lowest BCUT2D eigenvalue weighted by molar-refractivity contribution is 0.102. The quantitative estimate of drug-likeness (QED) is 0.799. The van der Waals surface area contributed by atoms with Crippen molar-refractivity contribution < 1.29 is 14.3 Å². The van der Waals surface area contributed by atoms with Crippen LogP contribution in [-0.2, 0) is 0 Å². The Labute approximate surface area is 136 Å². The number of nitrogens with one attached hydrogen (secondary N) is 1. The number of nitrogen functional groups attached to an aromatic ring is 1. The summed E-state index contributed by atoms with van der Waals surface area (Å²) in [4.78, 5) is 12.5. The number of carbonyl (C=O) groups is 1. The van der Waals surface area contributed by atoms with Crippen LogP contribution in [0.3, 0.4) is 0 Å². The fourth-order valence-corrected chi connectivity index (χ4v) is 2.16. The van der Waals surface area contributed by atoms with Crippen molar-refractivity contribution in [3.8, 4) is 11.5 Å². The highest BCUT2D eigenvalue weighted by atomic mass is 16.5. The minimum atomic E-state index is -0.220.